The summed E-state index contributed by atoms with van der Waals surface area (Å²) in [7, 11) is 0. The molecule has 1 fully saturated rings. The summed E-state index contributed by atoms with van der Waals surface area (Å²) >= 11 is 0. The van der Waals surface area contributed by atoms with Crippen molar-refractivity contribution in [1.82, 2.24) is 25.4 Å². The number of carbonyl (C=O) groups excluding carboxylic acids is 2. The Balaban J connectivity index is 1.33. The topological polar surface area (TPSA) is 132 Å². The summed E-state index contributed by atoms with van der Waals surface area (Å²) in [6.45, 7) is 7.49. The molecule has 2 aliphatic rings. The standard InChI is InChI=1S/C29H31N7O2/c1-16-24(32-17(2)25(16)29(38)31-10-13-36-11-3-4-12-36)15-21-26-19(6-5-7-23(26)33-28(21)37)18-8-9-22-20(14-18)27(30)35-34-22/h5-9,14-15,32H,3-4,10-13H2,1-2H3,(H,31,38)(H,33,37)(H3,30,34,35). The van der Waals surface area contributed by atoms with Crippen molar-refractivity contribution in [1.29, 1.82) is 0 Å². The van der Waals surface area contributed by atoms with Crippen molar-refractivity contribution in [2.45, 2.75) is 26.7 Å². The molecular formula is C29H31N7O2. The van der Waals surface area contributed by atoms with Gasteiger partial charge < -0.3 is 26.3 Å². The first-order valence-electron chi connectivity index (χ1n) is 13.0. The Hall–Kier alpha value is -4.37. The molecule has 9 heteroatoms. The van der Waals surface area contributed by atoms with Gasteiger partial charge in [-0.25, -0.2) is 0 Å². The summed E-state index contributed by atoms with van der Waals surface area (Å²) in [5.41, 5.74) is 13.8. The quantitative estimate of drug-likeness (QED) is 0.250. The lowest BCUT2D eigenvalue weighted by molar-refractivity contribution is -0.110. The molecule has 9 nitrogen and oxygen atoms in total. The minimum atomic E-state index is -0.181. The summed E-state index contributed by atoms with van der Waals surface area (Å²) in [6.07, 6.45) is 4.30. The van der Waals surface area contributed by atoms with Gasteiger partial charge in [0.1, 0.15) is 0 Å². The lowest BCUT2D eigenvalue weighted by Crippen LogP contribution is -2.33. The number of carbonyl (C=O) groups is 2. The number of aromatic nitrogens is 3. The Labute approximate surface area is 220 Å². The molecule has 4 heterocycles. The molecule has 1 saturated heterocycles. The van der Waals surface area contributed by atoms with Crippen LogP contribution in [0.1, 0.15) is 45.7 Å². The van der Waals surface area contributed by atoms with Crippen molar-refractivity contribution in [2.24, 2.45) is 0 Å². The number of anilines is 2. The average molecular weight is 510 g/mol. The van der Waals surface area contributed by atoms with E-state index in [1.54, 1.807) is 0 Å². The fraction of sp³-hybridized carbons (Fsp3) is 0.276. The monoisotopic (exact) mass is 509 g/mol. The minimum absolute atomic E-state index is 0.0944. The number of aryl methyl sites for hydroxylation is 1. The Morgan fingerprint density at radius 3 is 2.82 bits per heavy atom. The zero-order valence-electron chi connectivity index (χ0n) is 21.6. The van der Waals surface area contributed by atoms with Crippen LogP contribution in [0.5, 0.6) is 0 Å². The molecule has 4 aromatic rings. The zero-order chi connectivity index (χ0) is 26.4. The summed E-state index contributed by atoms with van der Waals surface area (Å²) in [5, 5.41) is 13.9. The van der Waals surface area contributed by atoms with E-state index in [4.69, 9.17) is 5.73 Å². The van der Waals surface area contributed by atoms with Gasteiger partial charge in [0.05, 0.1) is 16.7 Å². The van der Waals surface area contributed by atoms with E-state index in [0.717, 1.165) is 69.9 Å². The summed E-state index contributed by atoms with van der Waals surface area (Å²) in [4.78, 5) is 31.9. The van der Waals surface area contributed by atoms with Gasteiger partial charge in [0.15, 0.2) is 5.82 Å². The fourth-order valence-electron chi connectivity index (χ4n) is 5.66. The lowest BCUT2D eigenvalue weighted by Gasteiger charge is -2.14. The molecule has 2 aromatic carbocycles. The van der Waals surface area contributed by atoms with Crippen LogP contribution in [0.15, 0.2) is 36.4 Å². The van der Waals surface area contributed by atoms with Gasteiger partial charge in [-0.05, 0) is 80.7 Å². The Morgan fingerprint density at radius 2 is 2.00 bits per heavy atom. The van der Waals surface area contributed by atoms with E-state index in [0.29, 0.717) is 23.5 Å². The number of hydrogen-bond donors (Lipinski definition) is 5. The second-order valence-electron chi connectivity index (χ2n) is 10.1. The van der Waals surface area contributed by atoms with Crippen molar-refractivity contribution in [3.05, 3.63) is 64.5 Å². The van der Waals surface area contributed by atoms with E-state index in [9.17, 15) is 9.59 Å². The number of nitrogen functional groups attached to an aromatic ring is 1. The molecule has 0 aliphatic carbocycles. The smallest absolute Gasteiger partial charge is 0.256 e. The van der Waals surface area contributed by atoms with Crippen LogP contribution in [0.4, 0.5) is 11.5 Å². The Morgan fingerprint density at radius 1 is 1.18 bits per heavy atom. The summed E-state index contributed by atoms with van der Waals surface area (Å²) in [5.74, 6) is 0.158. The van der Waals surface area contributed by atoms with Gasteiger partial charge in [-0.1, -0.05) is 18.2 Å². The van der Waals surface area contributed by atoms with Gasteiger partial charge in [0, 0.05) is 41.1 Å². The number of H-pyrrole nitrogens is 2. The number of nitrogens with one attached hydrogen (secondary N) is 4. The van der Waals surface area contributed by atoms with Crippen molar-refractivity contribution < 1.29 is 9.59 Å². The van der Waals surface area contributed by atoms with Crippen LogP contribution in [-0.4, -0.2) is 58.1 Å². The third kappa shape index (κ3) is 4.14. The molecular weight excluding hydrogens is 478 g/mol. The summed E-state index contributed by atoms with van der Waals surface area (Å²) < 4.78 is 0. The number of amides is 2. The number of nitrogens with two attached hydrogens (primary N) is 1. The van der Waals surface area contributed by atoms with Gasteiger partial charge in [-0.3, -0.25) is 14.7 Å². The predicted octanol–water partition coefficient (Wildman–Crippen LogP) is 4.08. The molecule has 6 N–H and O–H groups in total. The first-order valence-corrected chi connectivity index (χ1v) is 13.0. The van der Waals surface area contributed by atoms with Crippen molar-refractivity contribution in [3.63, 3.8) is 0 Å². The van der Waals surface area contributed by atoms with Gasteiger partial charge in [-0.15, -0.1) is 0 Å². The van der Waals surface area contributed by atoms with Gasteiger partial charge >= 0.3 is 0 Å². The van der Waals surface area contributed by atoms with Crippen LogP contribution >= 0.6 is 0 Å². The number of hydrogen-bond acceptors (Lipinski definition) is 5. The second kappa shape index (κ2) is 9.50. The fourth-order valence-corrected chi connectivity index (χ4v) is 5.66. The molecule has 0 radical (unpaired) electrons. The molecule has 0 bridgehead atoms. The number of likely N-dealkylation sites (tertiary alicyclic amines) is 1. The van der Waals surface area contributed by atoms with E-state index in [2.05, 4.69) is 30.7 Å². The molecule has 2 aromatic heterocycles. The number of aromatic amines is 2. The highest BCUT2D eigenvalue weighted by atomic mass is 16.2. The maximum absolute atomic E-state index is 13.1. The van der Waals surface area contributed by atoms with Crippen molar-refractivity contribution in [3.8, 4) is 11.1 Å². The predicted molar refractivity (Wildman–Crippen MR) is 151 cm³/mol. The summed E-state index contributed by atoms with van der Waals surface area (Å²) in [6, 6.07) is 11.7. The molecule has 0 saturated carbocycles. The maximum Gasteiger partial charge on any atom is 0.256 e. The van der Waals surface area contributed by atoms with Crippen LogP contribution < -0.4 is 16.4 Å². The number of nitrogens with zero attached hydrogens (tertiary/aromatic N) is 2. The SMILES string of the molecule is Cc1[nH]c(C=C2C(=O)Nc3cccc(-c4ccc5[nH]nc(N)c5c4)c32)c(C)c1C(=O)NCCN1CCCC1. The maximum atomic E-state index is 13.1. The number of fused-ring (bicyclic) bond motifs is 2. The van der Waals surface area contributed by atoms with Crippen LogP contribution in [-0.2, 0) is 4.79 Å². The largest absolute Gasteiger partial charge is 0.382 e. The van der Waals surface area contributed by atoms with Crippen molar-refractivity contribution in [2.75, 3.05) is 37.2 Å². The Kier molecular flexibility index (Phi) is 6.00. The molecule has 194 valence electrons. The highest BCUT2D eigenvalue weighted by Crippen LogP contribution is 2.41. The third-order valence-electron chi connectivity index (χ3n) is 7.63. The average Bonchev–Trinajstić information content (AvgIpc) is 3.67. The molecule has 6 rings (SSSR count). The van der Waals surface area contributed by atoms with E-state index in [1.807, 2.05) is 56.3 Å². The first kappa shape index (κ1) is 24.0. The molecule has 0 unspecified atom stereocenters. The second-order valence-corrected chi connectivity index (χ2v) is 10.1. The molecule has 0 spiro atoms. The van der Waals surface area contributed by atoms with Crippen LogP contribution in [0, 0.1) is 13.8 Å². The molecule has 2 aliphatic heterocycles. The third-order valence-corrected chi connectivity index (χ3v) is 7.63. The normalized spacial score (nSPS) is 16.4. The lowest BCUT2D eigenvalue weighted by atomic mass is 9.93. The molecule has 2 amide bonds. The number of benzene rings is 2. The molecule has 38 heavy (non-hydrogen) atoms. The van der Waals surface area contributed by atoms with Gasteiger partial charge in [0.2, 0.25) is 0 Å². The van der Waals surface area contributed by atoms with E-state index >= 15 is 0 Å². The van der Waals surface area contributed by atoms with E-state index in [-0.39, 0.29) is 11.8 Å². The van der Waals surface area contributed by atoms with Crippen LogP contribution in [0.2, 0.25) is 0 Å². The number of rotatable bonds is 6. The Bertz CT molecular complexity index is 1600. The molecule has 0 atom stereocenters. The van der Waals surface area contributed by atoms with E-state index in [1.165, 1.54) is 12.8 Å². The van der Waals surface area contributed by atoms with Crippen molar-refractivity contribution >= 4 is 45.9 Å². The van der Waals surface area contributed by atoms with Crippen LogP contribution in [0.25, 0.3) is 33.7 Å². The zero-order valence-corrected chi connectivity index (χ0v) is 21.6. The van der Waals surface area contributed by atoms with E-state index < -0.39 is 0 Å². The van der Waals surface area contributed by atoms with Crippen LogP contribution in [0.3, 0.4) is 0 Å². The highest BCUT2D eigenvalue weighted by molar-refractivity contribution is 6.36. The minimum Gasteiger partial charge on any atom is -0.382 e. The highest BCUT2D eigenvalue weighted by Gasteiger charge is 2.28. The first-order chi connectivity index (χ1) is 18.4. The van der Waals surface area contributed by atoms with Gasteiger partial charge in [-0.2, -0.15) is 5.10 Å². The van der Waals surface area contributed by atoms with Gasteiger partial charge in [0.25, 0.3) is 11.8 Å².